The van der Waals surface area contributed by atoms with Gasteiger partial charge in [0.2, 0.25) is 5.91 Å². The van der Waals surface area contributed by atoms with E-state index in [1.807, 2.05) is 74.2 Å². The van der Waals surface area contributed by atoms with Crippen LogP contribution in [0.4, 0.5) is 5.69 Å². The molecule has 4 aromatic rings. The zero-order valence-electron chi connectivity index (χ0n) is 18.1. The number of aromatic nitrogens is 1. The van der Waals surface area contributed by atoms with E-state index in [0.29, 0.717) is 19.6 Å². The van der Waals surface area contributed by atoms with E-state index in [9.17, 15) is 4.79 Å². The summed E-state index contributed by atoms with van der Waals surface area (Å²) in [6, 6.07) is 21.9. The molecule has 0 radical (unpaired) electrons. The molecule has 4 rings (SSSR count). The van der Waals surface area contributed by atoms with E-state index < -0.39 is 0 Å². The second-order valence-corrected chi connectivity index (χ2v) is 7.55. The Bertz CT molecular complexity index is 1170. The minimum Gasteiger partial charge on any atom is -0.489 e. The third-order valence-corrected chi connectivity index (χ3v) is 5.52. The van der Waals surface area contributed by atoms with Gasteiger partial charge in [0.05, 0.1) is 23.4 Å². The van der Waals surface area contributed by atoms with Gasteiger partial charge in [0, 0.05) is 11.9 Å². The number of fused-ring (bicyclic) bond motifs is 1. The van der Waals surface area contributed by atoms with Crippen LogP contribution in [-0.4, -0.2) is 17.6 Å². The van der Waals surface area contributed by atoms with Gasteiger partial charge < -0.3 is 14.2 Å². The van der Waals surface area contributed by atoms with Crippen LogP contribution in [0.5, 0.6) is 5.75 Å². The van der Waals surface area contributed by atoms with Gasteiger partial charge in [-0.3, -0.25) is 4.79 Å². The molecule has 3 aromatic carbocycles. The average molecular weight is 415 g/mol. The van der Waals surface area contributed by atoms with Gasteiger partial charge in [0.25, 0.3) is 0 Å². The van der Waals surface area contributed by atoms with E-state index in [1.54, 1.807) is 0 Å². The molecule has 0 N–H and O–H groups in total. The molecule has 0 saturated carbocycles. The molecule has 0 aliphatic heterocycles. The molecule has 31 heavy (non-hydrogen) atoms. The SMILES string of the molecule is CCN(C(=O)Cc1ccc(OCc2c(C)noc2C)cc1)c1cccc2ccccc12. The minimum atomic E-state index is 0.0724. The molecule has 0 spiro atoms. The molecule has 5 nitrogen and oxygen atoms in total. The van der Waals surface area contributed by atoms with E-state index >= 15 is 0 Å². The summed E-state index contributed by atoms with van der Waals surface area (Å²) in [5, 5.41) is 6.16. The van der Waals surface area contributed by atoms with Crippen LogP contribution in [0.2, 0.25) is 0 Å². The largest absolute Gasteiger partial charge is 0.489 e. The maximum absolute atomic E-state index is 13.1. The molecule has 0 bridgehead atoms. The van der Waals surface area contributed by atoms with Crippen molar-refractivity contribution in [2.45, 2.75) is 33.8 Å². The number of hydrogen-bond acceptors (Lipinski definition) is 4. The number of nitrogens with zero attached hydrogens (tertiary/aromatic N) is 2. The third-order valence-electron chi connectivity index (χ3n) is 5.52. The second-order valence-electron chi connectivity index (χ2n) is 7.55. The van der Waals surface area contributed by atoms with Gasteiger partial charge in [0.15, 0.2) is 0 Å². The number of hydrogen-bond donors (Lipinski definition) is 0. The Morgan fingerprint density at radius 1 is 1.00 bits per heavy atom. The monoisotopic (exact) mass is 414 g/mol. The lowest BCUT2D eigenvalue weighted by atomic mass is 10.1. The quantitative estimate of drug-likeness (QED) is 0.394. The smallest absolute Gasteiger partial charge is 0.231 e. The van der Waals surface area contributed by atoms with Crippen LogP contribution in [0, 0.1) is 13.8 Å². The Morgan fingerprint density at radius 3 is 2.45 bits per heavy atom. The number of amides is 1. The van der Waals surface area contributed by atoms with Gasteiger partial charge in [-0.2, -0.15) is 0 Å². The first kappa shape index (κ1) is 20.7. The number of benzene rings is 3. The summed E-state index contributed by atoms with van der Waals surface area (Å²) in [5.41, 5.74) is 3.71. The van der Waals surface area contributed by atoms with Crippen molar-refractivity contribution in [3.05, 3.63) is 89.3 Å². The van der Waals surface area contributed by atoms with Crippen molar-refractivity contribution < 1.29 is 14.1 Å². The van der Waals surface area contributed by atoms with Gasteiger partial charge in [-0.15, -0.1) is 0 Å². The summed E-state index contributed by atoms with van der Waals surface area (Å²) in [5.74, 6) is 1.59. The molecule has 1 amide bonds. The molecule has 0 saturated heterocycles. The first-order valence-corrected chi connectivity index (χ1v) is 10.5. The number of likely N-dealkylation sites (N-methyl/N-ethyl adjacent to an activating group) is 1. The van der Waals surface area contributed by atoms with Gasteiger partial charge in [-0.05, 0) is 49.9 Å². The summed E-state index contributed by atoms with van der Waals surface area (Å²) in [6.45, 7) is 6.81. The van der Waals surface area contributed by atoms with Crippen molar-refractivity contribution >= 4 is 22.4 Å². The standard InChI is InChI=1S/C26H26N2O3/c1-4-28(25-11-7-9-21-8-5-6-10-23(21)25)26(29)16-20-12-14-22(15-13-20)30-17-24-18(2)27-31-19(24)3/h5-15H,4,16-17H2,1-3H3. The van der Waals surface area contributed by atoms with E-state index in [-0.39, 0.29) is 5.91 Å². The van der Waals surface area contributed by atoms with Crippen LogP contribution in [0.1, 0.15) is 29.5 Å². The lowest BCUT2D eigenvalue weighted by Gasteiger charge is -2.23. The van der Waals surface area contributed by atoms with Crippen molar-refractivity contribution in [2.24, 2.45) is 0 Å². The Kier molecular flexibility index (Phi) is 6.03. The highest BCUT2D eigenvalue weighted by Crippen LogP contribution is 2.27. The summed E-state index contributed by atoms with van der Waals surface area (Å²) in [7, 11) is 0. The Labute approximate surface area is 182 Å². The number of aryl methyl sites for hydroxylation is 2. The highest BCUT2D eigenvalue weighted by molar-refractivity contribution is 6.04. The molecule has 0 atom stereocenters. The highest BCUT2D eigenvalue weighted by atomic mass is 16.5. The predicted molar refractivity (Wildman–Crippen MR) is 122 cm³/mol. The van der Waals surface area contributed by atoms with E-state index in [2.05, 4.69) is 23.4 Å². The summed E-state index contributed by atoms with van der Waals surface area (Å²) < 4.78 is 11.0. The number of ether oxygens (including phenoxy) is 1. The summed E-state index contributed by atoms with van der Waals surface area (Å²) in [6.07, 6.45) is 0.335. The maximum Gasteiger partial charge on any atom is 0.231 e. The van der Waals surface area contributed by atoms with Crippen LogP contribution in [0.15, 0.2) is 71.3 Å². The molecular weight excluding hydrogens is 388 g/mol. The van der Waals surface area contributed by atoms with Crippen LogP contribution < -0.4 is 9.64 Å². The zero-order valence-corrected chi connectivity index (χ0v) is 18.1. The molecule has 0 fully saturated rings. The number of carbonyl (C=O) groups excluding carboxylic acids is 1. The van der Waals surface area contributed by atoms with E-state index in [1.165, 1.54) is 0 Å². The van der Waals surface area contributed by atoms with Crippen LogP contribution in [-0.2, 0) is 17.8 Å². The van der Waals surface area contributed by atoms with Gasteiger partial charge in [-0.25, -0.2) is 0 Å². The molecular formula is C26H26N2O3. The number of rotatable bonds is 7. The van der Waals surface area contributed by atoms with Crippen molar-refractivity contribution in [2.75, 3.05) is 11.4 Å². The Hall–Kier alpha value is -3.60. The van der Waals surface area contributed by atoms with Crippen molar-refractivity contribution in [1.82, 2.24) is 5.16 Å². The molecule has 1 heterocycles. The lowest BCUT2D eigenvalue weighted by molar-refractivity contribution is -0.117. The Morgan fingerprint density at radius 2 is 1.74 bits per heavy atom. The first-order valence-electron chi connectivity index (χ1n) is 10.5. The molecule has 0 unspecified atom stereocenters. The van der Waals surface area contributed by atoms with Crippen LogP contribution in [0.25, 0.3) is 10.8 Å². The maximum atomic E-state index is 13.1. The van der Waals surface area contributed by atoms with Gasteiger partial charge >= 0.3 is 0 Å². The number of carbonyl (C=O) groups is 1. The highest BCUT2D eigenvalue weighted by Gasteiger charge is 2.17. The van der Waals surface area contributed by atoms with Crippen molar-refractivity contribution in [3.8, 4) is 5.75 Å². The molecule has 0 aliphatic rings. The molecule has 0 aliphatic carbocycles. The van der Waals surface area contributed by atoms with Crippen LogP contribution in [0.3, 0.4) is 0 Å². The van der Waals surface area contributed by atoms with Gasteiger partial charge in [0.1, 0.15) is 18.1 Å². The van der Waals surface area contributed by atoms with Crippen molar-refractivity contribution in [1.29, 1.82) is 0 Å². The lowest BCUT2D eigenvalue weighted by Crippen LogP contribution is -2.32. The van der Waals surface area contributed by atoms with Gasteiger partial charge in [-0.1, -0.05) is 53.7 Å². The normalized spacial score (nSPS) is 10.9. The number of anilines is 1. The summed E-state index contributed by atoms with van der Waals surface area (Å²) in [4.78, 5) is 15.0. The van der Waals surface area contributed by atoms with Crippen molar-refractivity contribution in [3.63, 3.8) is 0 Å². The fraction of sp³-hybridized carbons (Fsp3) is 0.231. The fourth-order valence-corrected chi connectivity index (χ4v) is 3.76. The second kappa shape index (κ2) is 9.04. The summed E-state index contributed by atoms with van der Waals surface area (Å²) >= 11 is 0. The van der Waals surface area contributed by atoms with E-state index in [4.69, 9.17) is 9.26 Å². The molecule has 158 valence electrons. The fourth-order valence-electron chi connectivity index (χ4n) is 3.76. The predicted octanol–water partition coefficient (Wildman–Crippen LogP) is 5.62. The average Bonchev–Trinajstić information content (AvgIpc) is 3.11. The molecule has 1 aromatic heterocycles. The third kappa shape index (κ3) is 4.45. The zero-order chi connectivity index (χ0) is 21.8. The minimum absolute atomic E-state index is 0.0724. The van der Waals surface area contributed by atoms with Crippen LogP contribution >= 0.6 is 0 Å². The molecule has 5 heteroatoms. The first-order chi connectivity index (χ1) is 15.1. The van der Waals surface area contributed by atoms with E-state index in [0.717, 1.165) is 44.8 Å². The Balaban J connectivity index is 1.45. The topological polar surface area (TPSA) is 55.6 Å².